The van der Waals surface area contributed by atoms with Crippen molar-refractivity contribution in [2.75, 3.05) is 10.7 Å². The maximum absolute atomic E-state index is 11.9. The molecule has 98 valence electrons. The lowest BCUT2D eigenvalue weighted by Crippen LogP contribution is -2.15. The lowest BCUT2D eigenvalue weighted by molar-refractivity contribution is -0.385. The Morgan fingerprint density at radius 2 is 2.21 bits per heavy atom. The third-order valence-corrected chi connectivity index (χ3v) is 2.28. The fourth-order valence-electron chi connectivity index (χ4n) is 1.43. The van der Waals surface area contributed by atoms with Crippen LogP contribution in [0.25, 0.3) is 0 Å². The van der Waals surface area contributed by atoms with Gasteiger partial charge < -0.3 is 15.3 Å². The van der Waals surface area contributed by atoms with Crippen molar-refractivity contribution in [3.8, 4) is 0 Å². The molecule has 0 fully saturated rings. The smallest absolute Gasteiger partial charge is 0.282 e. The summed E-state index contributed by atoms with van der Waals surface area (Å²) < 4.78 is 4.54. The molecule has 1 aromatic carbocycles. The number of rotatable bonds is 4. The molecule has 4 N–H and O–H groups in total. The van der Waals surface area contributed by atoms with E-state index in [4.69, 9.17) is 5.84 Å². The minimum absolute atomic E-state index is 0.136. The highest BCUT2D eigenvalue weighted by Crippen LogP contribution is 2.23. The SMILES string of the molecule is NNc1ccc([N+](=O)[O-])c(C(=O)Nc2ccon2)c1. The average molecular weight is 263 g/mol. The number of hydrogen-bond acceptors (Lipinski definition) is 7. The lowest BCUT2D eigenvalue weighted by atomic mass is 10.1. The van der Waals surface area contributed by atoms with Gasteiger partial charge in [0.2, 0.25) is 0 Å². The number of nitrogens with zero attached hydrogens (tertiary/aromatic N) is 2. The first kappa shape index (κ1) is 12.5. The summed E-state index contributed by atoms with van der Waals surface area (Å²) in [6.45, 7) is 0. The van der Waals surface area contributed by atoms with Gasteiger partial charge in [0, 0.05) is 17.8 Å². The fourth-order valence-corrected chi connectivity index (χ4v) is 1.43. The largest absolute Gasteiger partial charge is 0.363 e. The number of nitrogens with one attached hydrogen (secondary N) is 2. The van der Waals surface area contributed by atoms with Crippen molar-refractivity contribution in [3.63, 3.8) is 0 Å². The summed E-state index contributed by atoms with van der Waals surface area (Å²) in [6, 6.07) is 5.26. The second-order valence-corrected chi connectivity index (χ2v) is 3.47. The molecule has 19 heavy (non-hydrogen) atoms. The Labute approximate surface area is 106 Å². The van der Waals surface area contributed by atoms with Crippen LogP contribution in [-0.2, 0) is 0 Å². The molecular formula is C10H9N5O4. The van der Waals surface area contributed by atoms with E-state index >= 15 is 0 Å². The number of aromatic nitrogens is 1. The second kappa shape index (κ2) is 5.14. The van der Waals surface area contributed by atoms with E-state index in [1.165, 1.54) is 30.5 Å². The van der Waals surface area contributed by atoms with Gasteiger partial charge in [-0.25, -0.2) is 0 Å². The van der Waals surface area contributed by atoms with E-state index in [1.54, 1.807) is 0 Å². The first-order chi connectivity index (χ1) is 9.11. The predicted octanol–water partition coefficient (Wildman–Crippen LogP) is 1.12. The summed E-state index contributed by atoms with van der Waals surface area (Å²) in [5, 5.41) is 16.7. The Morgan fingerprint density at radius 3 is 2.79 bits per heavy atom. The maximum atomic E-state index is 11.9. The van der Waals surface area contributed by atoms with Crippen LogP contribution in [0.15, 0.2) is 35.1 Å². The molecule has 2 rings (SSSR count). The van der Waals surface area contributed by atoms with Crippen LogP contribution in [0.5, 0.6) is 0 Å². The molecular weight excluding hydrogens is 254 g/mol. The minimum Gasteiger partial charge on any atom is -0.363 e. The molecule has 0 aliphatic carbocycles. The van der Waals surface area contributed by atoms with Crippen molar-refractivity contribution in [3.05, 3.63) is 46.2 Å². The standard InChI is InChI=1S/C10H9N5O4/c11-13-6-1-2-8(15(17)18)7(5-6)10(16)12-9-3-4-19-14-9/h1-5,13H,11H2,(H,12,14,16). The number of nitrogen functional groups attached to an aromatic ring is 1. The number of hydrogen-bond donors (Lipinski definition) is 3. The normalized spacial score (nSPS) is 9.95. The van der Waals surface area contributed by atoms with Crippen LogP contribution in [-0.4, -0.2) is 16.0 Å². The number of hydrazine groups is 1. The third kappa shape index (κ3) is 2.66. The number of nitro benzene ring substituents is 1. The van der Waals surface area contributed by atoms with E-state index in [1.807, 2.05) is 0 Å². The van der Waals surface area contributed by atoms with Crippen LogP contribution in [0.3, 0.4) is 0 Å². The first-order valence-corrected chi connectivity index (χ1v) is 5.08. The van der Waals surface area contributed by atoms with Crippen molar-refractivity contribution >= 4 is 23.1 Å². The number of carbonyl (C=O) groups excluding carboxylic acids is 1. The van der Waals surface area contributed by atoms with Gasteiger partial charge >= 0.3 is 0 Å². The first-order valence-electron chi connectivity index (χ1n) is 5.08. The van der Waals surface area contributed by atoms with Gasteiger partial charge in [0.15, 0.2) is 5.82 Å². The molecule has 9 nitrogen and oxygen atoms in total. The van der Waals surface area contributed by atoms with Gasteiger partial charge in [0.05, 0.1) is 4.92 Å². The molecule has 1 amide bonds. The zero-order valence-electron chi connectivity index (χ0n) is 9.49. The Morgan fingerprint density at radius 1 is 1.42 bits per heavy atom. The van der Waals surface area contributed by atoms with Crippen LogP contribution in [0, 0.1) is 10.1 Å². The summed E-state index contributed by atoms with van der Waals surface area (Å²) in [4.78, 5) is 22.2. The van der Waals surface area contributed by atoms with E-state index in [9.17, 15) is 14.9 Å². The zero-order chi connectivity index (χ0) is 13.8. The van der Waals surface area contributed by atoms with Gasteiger partial charge in [0.25, 0.3) is 11.6 Å². The maximum Gasteiger partial charge on any atom is 0.282 e. The van der Waals surface area contributed by atoms with Crippen LogP contribution in [0.1, 0.15) is 10.4 Å². The summed E-state index contributed by atoms with van der Waals surface area (Å²) in [6.07, 6.45) is 1.27. The van der Waals surface area contributed by atoms with E-state index < -0.39 is 10.8 Å². The molecule has 0 unspecified atom stereocenters. The van der Waals surface area contributed by atoms with Crippen molar-refractivity contribution in [2.24, 2.45) is 5.84 Å². The number of benzene rings is 1. The Kier molecular flexibility index (Phi) is 3.39. The van der Waals surface area contributed by atoms with Crippen LogP contribution < -0.4 is 16.6 Å². The summed E-state index contributed by atoms with van der Waals surface area (Å²) >= 11 is 0. The van der Waals surface area contributed by atoms with Crippen molar-refractivity contribution in [2.45, 2.75) is 0 Å². The average Bonchev–Trinajstić information content (AvgIpc) is 2.90. The minimum atomic E-state index is -0.683. The van der Waals surface area contributed by atoms with Gasteiger partial charge in [-0.15, -0.1) is 0 Å². The molecule has 1 heterocycles. The molecule has 0 aliphatic rings. The summed E-state index contributed by atoms with van der Waals surface area (Å²) in [5.74, 6) is 4.68. The third-order valence-electron chi connectivity index (χ3n) is 2.28. The lowest BCUT2D eigenvalue weighted by Gasteiger charge is -2.05. The van der Waals surface area contributed by atoms with Crippen molar-refractivity contribution < 1.29 is 14.2 Å². The highest BCUT2D eigenvalue weighted by atomic mass is 16.6. The molecule has 0 saturated carbocycles. The molecule has 9 heteroatoms. The van der Waals surface area contributed by atoms with Gasteiger partial charge in [-0.3, -0.25) is 20.8 Å². The second-order valence-electron chi connectivity index (χ2n) is 3.47. The van der Waals surface area contributed by atoms with Crippen LogP contribution in [0.2, 0.25) is 0 Å². The molecule has 0 aliphatic heterocycles. The number of nitrogens with two attached hydrogens (primary N) is 1. The highest BCUT2D eigenvalue weighted by Gasteiger charge is 2.21. The Hall–Kier alpha value is -2.94. The topological polar surface area (TPSA) is 136 Å². The van der Waals surface area contributed by atoms with E-state index in [2.05, 4.69) is 20.4 Å². The molecule has 0 atom stereocenters. The number of anilines is 2. The van der Waals surface area contributed by atoms with Crippen LogP contribution >= 0.6 is 0 Å². The molecule has 0 radical (unpaired) electrons. The molecule has 1 aromatic heterocycles. The fraction of sp³-hybridized carbons (Fsp3) is 0. The van der Waals surface area contributed by atoms with Gasteiger partial charge in [-0.2, -0.15) is 0 Å². The van der Waals surface area contributed by atoms with E-state index in [-0.39, 0.29) is 17.1 Å². The Balaban J connectivity index is 2.35. The van der Waals surface area contributed by atoms with Gasteiger partial charge in [-0.1, -0.05) is 5.16 Å². The molecule has 2 aromatic rings. The van der Waals surface area contributed by atoms with Crippen molar-refractivity contribution in [1.82, 2.24) is 5.16 Å². The molecule has 0 spiro atoms. The van der Waals surface area contributed by atoms with Gasteiger partial charge in [-0.05, 0) is 12.1 Å². The van der Waals surface area contributed by atoms with Crippen LogP contribution in [0.4, 0.5) is 17.2 Å². The summed E-state index contributed by atoms with van der Waals surface area (Å²) in [7, 11) is 0. The zero-order valence-corrected chi connectivity index (χ0v) is 9.49. The highest BCUT2D eigenvalue weighted by molar-refractivity contribution is 6.07. The molecule has 0 saturated heterocycles. The number of carbonyl (C=O) groups is 1. The monoisotopic (exact) mass is 263 g/mol. The molecule has 0 bridgehead atoms. The number of amides is 1. The van der Waals surface area contributed by atoms with Crippen molar-refractivity contribution in [1.29, 1.82) is 0 Å². The predicted molar refractivity (Wildman–Crippen MR) is 65.4 cm³/mol. The van der Waals surface area contributed by atoms with E-state index in [0.717, 1.165) is 0 Å². The Bertz CT molecular complexity index is 610. The van der Waals surface area contributed by atoms with Gasteiger partial charge in [0.1, 0.15) is 11.8 Å². The number of nitro groups is 1. The quantitative estimate of drug-likeness (QED) is 0.427. The summed E-state index contributed by atoms with van der Waals surface area (Å²) in [5.41, 5.74) is 2.21. The van der Waals surface area contributed by atoms with E-state index in [0.29, 0.717) is 5.69 Å².